The molecule has 1 fully saturated rings. The quantitative estimate of drug-likeness (QED) is 0.482. The molecule has 1 aliphatic rings. The molecule has 0 spiro atoms. The van der Waals surface area contributed by atoms with Gasteiger partial charge in [-0.15, -0.1) is 11.8 Å². The number of carbonyl (C=O) groups excluding carboxylic acids is 2. The van der Waals surface area contributed by atoms with E-state index in [0.717, 1.165) is 29.7 Å². The lowest BCUT2D eigenvalue weighted by Gasteiger charge is -2.33. The largest absolute Gasteiger partial charge is 0.352 e. The summed E-state index contributed by atoms with van der Waals surface area (Å²) in [6.45, 7) is 6.60. The molecule has 0 aliphatic heterocycles. The summed E-state index contributed by atoms with van der Waals surface area (Å²) in [6.07, 6.45) is 6.28. The molecule has 0 radical (unpaired) electrons. The van der Waals surface area contributed by atoms with Crippen LogP contribution in [0, 0.1) is 13.8 Å². The molecule has 33 heavy (non-hydrogen) atoms. The van der Waals surface area contributed by atoms with Gasteiger partial charge in [-0.05, 0) is 44.2 Å². The van der Waals surface area contributed by atoms with E-state index in [9.17, 15) is 9.59 Å². The molecule has 1 aliphatic carbocycles. The number of hydrogen-bond acceptors (Lipinski definition) is 3. The number of rotatable bonds is 10. The summed E-state index contributed by atoms with van der Waals surface area (Å²) >= 11 is 1.62. The fourth-order valence-corrected chi connectivity index (χ4v) is 5.47. The van der Waals surface area contributed by atoms with E-state index in [4.69, 9.17) is 0 Å². The molecule has 1 saturated carbocycles. The van der Waals surface area contributed by atoms with Crippen LogP contribution in [-0.4, -0.2) is 34.6 Å². The molecular formula is C28H38N2O2S. The Balaban J connectivity index is 1.70. The molecule has 0 heterocycles. The second-order valence-electron chi connectivity index (χ2n) is 9.26. The van der Waals surface area contributed by atoms with Gasteiger partial charge in [-0.25, -0.2) is 0 Å². The lowest BCUT2D eigenvalue weighted by Crippen LogP contribution is -2.52. The highest BCUT2D eigenvalue weighted by Gasteiger charge is 2.30. The maximum absolute atomic E-state index is 13.4. The van der Waals surface area contributed by atoms with Crippen LogP contribution in [0.2, 0.25) is 0 Å². The molecule has 1 unspecified atom stereocenters. The summed E-state index contributed by atoms with van der Waals surface area (Å²) < 4.78 is 0. The van der Waals surface area contributed by atoms with Crippen molar-refractivity contribution in [2.75, 3.05) is 5.75 Å². The number of carbonyl (C=O) groups is 2. The van der Waals surface area contributed by atoms with Gasteiger partial charge in [0.25, 0.3) is 0 Å². The van der Waals surface area contributed by atoms with Crippen LogP contribution in [0.5, 0.6) is 0 Å². The molecule has 5 heteroatoms. The summed E-state index contributed by atoms with van der Waals surface area (Å²) in [6, 6.07) is 16.4. The molecular weight excluding hydrogens is 428 g/mol. The smallest absolute Gasteiger partial charge is 0.243 e. The third kappa shape index (κ3) is 7.92. The Labute approximate surface area is 203 Å². The van der Waals surface area contributed by atoms with Gasteiger partial charge < -0.3 is 10.2 Å². The monoisotopic (exact) mass is 466 g/mol. The minimum atomic E-state index is -0.445. The topological polar surface area (TPSA) is 49.4 Å². The van der Waals surface area contributed by atoms with Crippen molar-refractivity contribution in [3.63, 3.8) is 0 Å². The molecule has 2 aromatic carbocycles. The second kappa shape index (κ2) is 12.8. The third-order valence-corrected chi connectivity index (χ3v) is 7.34. The van der Waals surface area contributed by atoms with Gasteiger partial charge in [0.05, 0.1) is 5.75 Å². The van der Waals surface area contributed by atoms with Gasteiger partial charge in [0.2, 0.25) is 11.8 Å². The van der Waals surface area contributed by atoms with Crippen LogP contribution >= 0.6 is 11.8 Å². The van der Waals surface area contributed by atoms with Crippen molar-refractivity contribution in [1.29, 1.82) is 0 Å². The highest BCUT2D eigenvalue weighted by atomic mass is 32.2. The summed E-state index contributed by atoms with van der Waals surface area (Å²) in [7, 11) is 0. The van der Waals surface area contributed by atoms with Gasteiger partial charge in [-0.3, -0.25) is 9.59 Å². The minimum Gasteiger partial charge on any atom is -0.352 e. The van der Waals surface area contributed by atoms with Crippen LogP contribution in [0.4, 0.5) is 0 Å². The number of nitrogens with zero attached hydrogens (tertiary/aromatic N) is 1. The van der Waals surface area contributed by atoms with Gasteiger partial charge in [-0.1, -0.05) is 85.8 Å². The Morgan fingerprint density at radius 3 is 2.27 bits per heavy atom. The van der Waals surface area contributed by atoms with Crippen LogP contribution in [0.3, 0.4) is 0 Å². The number of amides is 2. The molecule has 4 nitrogen and oxygen atoms in total. The standard InChI is InChI=1S/C28H38N2O2S/c1-4-26(28(32)29-25-14-6-5-7-15-25)30(18-23-12-8-10-21(2)16-23)27(31)20-33-19-24-13-9-11-22(3)17-24/h8-13,16-17,25-26H,4-7,14-15,18-20H2,1-3H3,(H,29,32). The number of benzene rings is 2. The van der Waals surface area contributed by atoms with E-state index in [0.29, 0.717) is 18.7 Å². The molecule has 0 bridgehead atoms. The molecule has 0 aromatic heterocycles. The van der Waals surface area contributed by atoms with Crippen molar-refractivity contribution in [2.45, 2.75) is 83.7 Å². The second-order valence-corrected chi connectivity index (χ2v) is 10.2. The SMILES string of the molecule is CCC(C(=O)NC1CCCCC1)N(Cc1cccc(C)c1)C(=O)CSCc1cccc(C)c1. The fraction of sp³-hybridized carbons (Fsp3) is 0.500. The van der Waals surface area contributed by atoms with Crippen molar-refractivity contribution < 1.29 is 9.59 Å². The normalized spacial score (nSPS) is 15.1. The first-order chi connectivity index (χ1) is 16.0. The molecule has 1 N–H and O–H groups in total. The molecule has 2 amide bonds. The summed E-state index contributed by atoms with van der Waals surface area (Å²) in [5, 5.41) is 3.25. The molecule has 3 rings (SSSR count). The zero-order valence-electron chi connectivity index (χ0n) is 20.3. The van der Waals surface area contributed by atoms with Crippen LogP contribution in [-0.2, 0) is 21.9 Å². The van der Waals surface area contributed by atoms with E-state index in [1.807, 2.05) is 19.1 Å². The van der Waals surface area contributed by atoms with E-state index < -0.39 is 6.04 Å². The van der Waals surface area contributed by atoms with Crippen LogP contribution in [0.15, 0.2) is 48.5 Å². The Morgan fingerprint density at radius 2 is 1.64 bits per heavy atom. The van der Waals surface area contributed by atoms with Gasteiger partial charge in [0, 0.05) is 18.3 Å². The highest BCUT2D eigenvalue weighted by Crippen LogP contribution is 2.21. The van der Waals surface area contributed by atoms with E-state index in [2.05, 4.69) is 55.6 Å². The zero-order chi connectivity index (χ0) is 23.6. The Morgan fingerprint density at radius 1 is 1.00 bits per heavy atom. The molecule has 2 aromatic rings. The van der Waals surface area contributed by atoms with E-state index >= 15 is 0 Å². The molecule has 0 saturated heterocycles. The maximum Gasteiger partial charge on any atom is 0.243 e. The van der Waals surface area contributed by atoms with Crippen molar-refractivity contribution in [1.82, 2.24) is 10.2 Å². The first kappa shape index (κ1) is 25.4. The number of aryl methyl sites for hydroxylation is 2. The fourth-order valence-electron chi connectivity index (χ4n) is 4.61. The van der Waals surface area contributed by atoms with E-state index in [1.54, 1.807) is 16.7 Å². The maximum atomic E-state index is 13.4. The molecule has 178 valence electrons. The average Bonchev–Trinajstić information content (AvgIpc) is 2.79. The van der Waals surface area contributed by atoms with E-state index in [-0.39, 0.29) is 17.9 Å². The van der Waals surface area contributed by atoms with Crippen molar-refractivity contribution >= 4 is 23.6 Å². The lowest BCUT2D eigenvalue weighted by atomic mass is 9.95. The van der Waals surface area contributed by atoms with Crippen molar-refractivity contribution in [3.05, 3.63) is 70.8 Å². The van der Waals surface area contributed by atoms with E-state index in [1.165, 1.54) is 30.4 Å². The summed E-state index contributed by atoms with van der Waals surface area (Å²) in [4.78, 5) is 28.5. The third-order valence-electron chi connectivity index (χ3n) is 6.35. The first-order valence-corrected chi connectivity index (χ1v) is 13.4. The Kier molecular flexibility index (Phi) is 9.86. The predicted octanol–water partition coefficient (Wildman–Crippen LogP) is 5.79. The lowest BCUT2D eigenvalue weighted by molar-refractivity contribution is -0.139. The van der Waals surface area contributed by atoms with Gasteiger partial charge in [-0.2, -0.15) is 0 Å². The summed E-state index contributed by atoms with van der Waals surface area (Å²) in [5.74, 6) is 1.18. The number of nitrogens with one attached hydrogen (secondary N) is 1. The summed E-state index contributed by atoms with van der Waals surface area (Å²) in [5.41, 5.74) is 4.68. The Hall–Kier alpha value is -2.27. The minimum absolute atomic E-state index is 0.00547. The van der Waals surface area contributed by atoms with Crippen LogP contribution in [0.1, 0.15) is 67.7 Å². The van der Waals surface area contributed by atoms with Gasteiger partial charge in [0.1, 0.15) is 6.04 Å². The molecule has 1 atom stereocenters. The average molecular weight is 467 g/mol. The van der Waals surface area contributed by atoms with Gasteiger partial charge in [0.15, 0.2) is 0 Å². The zero-order valence-corrected chi connectivity index (χ0v) is 21.1. The highest BCUT2D eigenvalue weighted by molar-refractivity contribution is 7.99. The predicted molar refractivity (Wildman–Crippen MR) is 138 cm³/mol. The first-order valence-electron chi connectivity index (χ1n) is 12.2. The number of hydrogen-bond donors (Lipinski definition) is 1. The van der Waals surface area contributed by atoms with Crippen LogP contribution in [0.25, 0.3) is 0 Å². The van der Waals surface area contributed by atoms with Crippen molar-refractivity contribution in [2.24, 2.45) is 0 Å². The van der Waals surface area contributed by atoms with Gasteiger partial charge >= 0.3 is 0 Å². The Bertz CT molecular complexity index is 924. The van der Waals surface area contributed by atoms with Crippen LogP contribution < -0.4 is 5.32 Å². The van der Waals surface area contributed by atoms with Crippen molar-refractivity contribution in [3.8, 4) is 0 Å². The number of thioether (sulfide) groups is 1.